The molecule has 1 saturated heterocycles. The van der Waals surface area contributed by atoms with Crippen LogP contribution >= 0.6 is 0 Å². The molecule has 1 aliphatic heterocycles. The van der Waals surface area contributed by atoms with Gasteiger partial charge in [0.1, 0.15) is 11.3 Å². The van der Waals surface area contributed by atoms with Crippen molar-refractivity contribution in [3.63, 3.8) is 0 Å². The van der Waals surface area contributed by atoms with Crippen molar-refractivity contribution in [1.29, 1.82) is 0 Å². The van der Waals surface area contributed by atoms with Crippen molar-refractivity contribution in [3.05, 3.63) is 54.0 Å². The summed E-state index contributed by atoms with van der Waals surface area (Å²) in [5, 5.41) is 22.1. The molecule has 3 aromatic rings. The van der Waals surface area contributed by atoms with Gasteiger partial charge in [0.25, 0.3) is 0 Å². The summed E-state index contributed by atoms with van der Waals surface area (Å²) in [5.74, 6) is -0.0151. The van der Waals surface area contributed by atoms with Gasteiger partial charge in [-0.25, -0.2) is 0 Å². The minimum Gasteiger partial charge on any atom is -0.382 e. The molecule has 0 radical (unpaired) electrons. The van der Waals surface area contributed by atoms with Crippen molar-refractivity contribution < 1.29 is 9.90 Å². The van der Waals surface area contributed by atoms with Gasteiger partial charge in [-0.2, -0.15) is 15.4 Å². The van der Waals surface area contributed by atoms with E-state index in [1.807, 2.05) is 30.3 Å². The molecular formula is C18H19N5O2. The predicted octanol–water partition coefficient (Wildman–Crippen LogP) is 1.41. The third-order valence-electron chi connectivity index (χ3n) is 4.72. The highest BCUT2D eigenvalue weighted by Gasteiger charge is 2.38. The summed E-state index contributed by atoms with van der Waals surface area (Å²) in [6.07, 6.45) is 4.83. The van der Waals surface area contributed by atoms with E-state index in [0.29, 0.717) is 18.7 Å². The molecule has 2 aromatic heterocycles. The second-order valence-corrected chi connectivity index (χ2v) is 6.52. The molecule has 1 aliphatic rings. The number of carbonyl (C=O) groups is 1. The largest absolute Gasteiger partial charge is 0.382 e. The van der Waals surface area contributed by atoms with Crippen LogP contribution in [0.2, 0.25) is 0 Å². The molecule has 1 amide bonds. The average Bonchev–Trinajstić information content (AvgIpc) is 3.17. The zero-order chi connectivity index (χ0) is 17.3. The predicted molar refractivity (Wildman–Crippen MR) is 91.5 cm³/mol. The normalized spacial score (nSPS) is 20.8. The summed E-state index contributed by atoms with van der Waals surface area (Å²) >= 11 is 0. The highest BCUT2D eigenvalue weighted by molar-refractivity contribution is 5.82. The van der Waals surface area contributed by atoms with Gasteiger partial charge in [0.15, 0.2) is 0 Å². The number of H-pyrrole nitrogens is 1. The van der Waals surface area contributed by atoms with Crippen molar-refractivity contribution in [1.82, 2.24) is 25.3 Å². The van der Waals surface area contributed by atoms with E-state index in [0.717, 1.165) is 22.9 Å². The van der Waals surface area contributed by atoms with Crippen LogP contribution in [0.15, 0.2) is 42.7 Å². The highest BCUT2D eigenvalue weighted by atomic mass is 16.3. The molecule has 0 spiro atoms. The summed E-state index contributed by atoms with van der Waals surface area (Å²) < 4.78 is 0. The average molecular weight is 337 g/mol. The van der Waals surface area contributed by atoms with E-state index >= 15 is 0 Å². The minimum absolute atomic E-state index is 0.0151. The van der Waals surface area contributed by atoms with E-state index < -0.39 is 5.60 Å². The molecule has 0 bridgehead atoms. The van der Waals surface area contributed by atoms with Crippen molar-refractivity contribution in [2.75, 3.05) is 13.1 Å². The van der Waals surface area contributed by atoms with Gasteiger partial charge in [0, 0.05) is 18.1 Å². The number of aromatic amines is 1. The molecule has 7 nitrogen and oxygen atoms in total. The molecule has 128 valence electrons. The van der Waals surface area contributed by atoms with Crippen LogP contribution < -0.4 is 0 Å². The maximum Gasteiger partial charge on any atom is 0.227 e. The Labute approximate surface area is 144 Å². The lowest BCUT2D eigenvalue weighted by atomic mass is 9.89. The number of benzene rings is 1. The fourth-order valence-electron chi connectivity index (χ4n) is 3.38. The number of β-amino-alcohol motifs (C(OH)–C–C–N with tert-alkyl or cyclic N) is 1. The molecular weight excluding hydrogens is 318 g/mol. The molecule has 1 unspecified atom stereocenters. The van der Waals surface area contributed by atoms with Crippen LogP contribution in [-0.2, 0) is 16.8 Å². The minimum atomic E-state index is -1.14. The standard InChI is InChI=1S/C18H19N5O2/c24-17(9-13-8-14-4-1-2-5-15(14)19-10-13)23-7-3-6-18(25,12-23)16-11-20-22-21-16/h1-2,4-5,8,10-11,25H,3,6-7,9,12H2,(H,20,21,22). The molecule has 3 heterocycles. The number of pyridine rings is 1. The second-order valence-electron chi connectivity index (χ2n) is 6.52. The quantitative estimate of drug-likeness (QED) is 0.753. The number of carbonyl (C=O) groups excluding carboxylic acids is 1. The maximum absolute atomic E-state index is 12.7. The Bertz CT molecular complexity index is 895. The van der Waals surface area contributed by atoms with Crippen molar-refractivity contribution >= 4 is 16.8 Å². The lowest BCUT2D eigenvalue weighted by Gasteiger charge is -2.38. The molecule has 0 aliphatic carbocycles. The molecule has 4 rings (SSSR count). The topological polar surface area (TPSA) is 95.0 Å². The van der Waals surface area contributed by atoms with Crippen LogP contribution in [0, 0.1) is 0 Å². The Hall–Kier alpha value is -2.80. The van der Waals surface area contributed by atoms with Crippen molar-refractivity contribution in [2.24, 2.45) is 0 Å². The van der Waals surface area contributed by atoms with E-state index in [9.17, 15) is 9.90 Å². The zero-order valence-corrected chi connectivity index (χ0v) is 13.7. The first-order valence-corrected chi connectivity index (χ1v) is 8.34. The molecule has 2 N–H and O–H groups in total. The lowest BCUT2D eigenvalue weighted by molar-refractivity contribution is -0.138. The summed E-state index contributed by atoms with van der Waals surface area (Å²) in [7, 11) is 0. The van der Waals surface area contributed by atoms with Gasteiger partial charge in [-0.3, -0.25) is 9.78 Å². The Morgan fingerprint density at radius 1 is 1.32 bits per heavy atom. The van der Waals surface area contributed by atoms with Gasteiger partial charge in [-0.15, -0.1) is 0 Å². The van der Waals surface area contributed by atoms with Gasteiger partial charge >= 0.3 is 0 Å². The first-order chi connectivity index (χ1) is 12.1. The third kappa shape index (κ3) is 3.10. The maximum atomic E-state index is 12.7. The molecule has 1 aromatic carbocycles. The van der Waals surface area contributed by atoms with Crippen LogP contribution in [0.4, 0.5) is 0 Å². The Morgan fingerprint density at radius 2 is 2.20 bits per heavy atom. The number of likely N-dealkylation sites (tertiary alicyclic amines) is 1. The van der Waals surface area contributed by atoms with Crippen LogP contribution in [0.25, 0.3) is 10.9 Å². The Kier molecular flexibility index (Phi) is 3.93. The van der Waals surface area contributed by atoms with E-state index in [4.69, 9.17) is 0 Å². The number of fused-ring (bicyclic) bond motifs is 1. The van der Waals surface area contributed by atoms with E-state index in [1.165, 1.54) is 6.20 Å². The SMILES string of the molecule is O=C(Cc1cnc2ccccc2c1)N1CCCC(O)(c2cn[nH]n2)C1. The smallest absolute Gasteiger partial charge is 0.227 e. The van der Waals surface area contributed by atoms with Gasteiger partial charge in [0.2, 0.25) is 5.91 Å². The third-order valence-corrected chi connectivity index (χ3v) is 4.72. The zero-order valence-electron chi connectivity index (χ0n) is 13.7. The van der Waals surface area contributed by atoms with E-state index in [-0.39, 0.29) is 18.9 Å². The molecule has 25 heavy (non-hydrogen) atoms. The fraction of sp³-hybridized carbons (Fsp3) is 0.333. The van der Waals surface area contributed by atoms with Crippen LogP contribution in [0.3, 0.4) is 0 Å². The number of aliphatic hydroxyl groups is 1. The summed E-state index contributed by atoms with van der Waals surface area (Å²) in [4.78, 5) is 18.8. The summed E-state index contributed by atoms with van der Waals surface area (Å²) in [6.45, 7) is 0.874. The first-order valence-electron chi connectivity index (χ1n) is 8.34. The molecule has 0 saturated carbocycles. The fourth-order valence-corrected chi connectivity index (χ4v) is 3.38. The van der Waals surface area contributed by atoms with Gasteiger partial charge in [-0.1, -0.05) is 18.2 Å². The number of amides is 1. The molecule has 1 fully saturated rings. The number of nitrogens with zero attached hydrogens (tertiary/aromatic N) is 4. The van der Waals surface area contributed by atoms with E-state index in [2.05, 4.69) is 20.4 Å². The van der Waals surface area contributed by atoms with Crippen LogP contribution in [0.1, 0.15) is 24.1 Å². The van der Waals surface area contributed by atoms with Crippen molar-refractivity contribution in [2.45, 2.75) is 24.9 Å². The number of para-hydroxylation sites is 1. The number of hydrogen-bond donors (Lipinski definition) is 2. The van der Waals surface area contributed by atoms with Gasteiger partial charge in [-0.05, 0) is 30.5 Å². The second kappa shape index (κ2) is 6.25. The number of rotatable bonds is 3. The first kappa shape index (κ1) is 15.7. The molecule has 7 heteroatoms. The van der Waals surface area contributed by atoms with Gasteiger partial charge < -0.3 is 10.0 Å². The lowest BCUT2D eigenvalue weighted by Crippen LogP contribution is -2.49. The Balaban J connectivity index is 1.50. The van der Waals surface area contributed by atoms with E-state index in [1.54, 1.807) is 11.1 Å². The number of hydrogen-bond acceptors (Lipinski definition) is 5. The molecule has 1 atom stereocenters. The highest BCUT2D eigenvalue weighted by Crippen LogP contribution is 2.30. The number of aromatic nitrogens is 4. The summed E-state index contributed by atoms with van der Waals surface area (Å²) in [5.41, 5.74) is 1.14. The Morgan fingerprint density at radius 3 is 3.04 bits per heavy atom. The van der Waals surface area contributed by atoms with Crippen LogP contribution in [-0.4, -0.2) is 49.4 Å². The van der Waals surface area contributed by atoms with Gasteiger partial charge in [0.05, 0.1) is 24.7 Å². The van der Waals surface area contributed by atoms with Crippen LogP contribution in [0.5, 0.6) is 0 Å². The number of piperidine rings is 1. The monoisotopic (exact) mass is 337 g/mol. The summed E-state index contributed by atoms with van der Waals surface area (Å²) in [6, 6.07) is 9.83. The number of nitrogens with one attached hydrogen (secondary N) is 1. The van der Waals surface area contributed by atoms with Crippen molar-refractivity contribution in [3.8, 4) is 0 Å².